The second-order valence-electron chi connectivity index (χ2n) is 5.48. The van der Waals surface area contributed by atoms with E-state index in [2.05, 4.69) is 5.32 Å². The number of nitrogens with one attached hydrogen (secondary N) is 1. The molecule has 2 N–H and O–H groups in total. The van der Waals surface area contributed by atoms with Crippen molar-refractivity contribution in [3.63, 3.8) is 0 Å². The van der Waals surface area contributed by atoms with Gasteiger partial charge in [-0.3, -0.25) is 9.59 Å². The first-order valence-electron chi connectivity index (χ1n) is 6.82. The zero-order chi connectivity index (χ0) is 14.3. The summed E-state index contributed by atoms with van der Waals surface area (Å²) < 4.78 is 5.61. The Hall–Kier alpha value is -1.88. The molecule has 2 fully saturated rings. The number of carbonyl (C=O) groups is 2. The van der Waals surface area contributed by atoms with Gasteiger partial charge in [0.2, 0.25) is 5.91 Å². The minimum atomic E-state index is -0.942. The van der Waals surface area contributed by atoms with Crippen molar-refractivity contribution in [2.45, 2.75) is 32.0 Å². The van der Waals surface area contributed by atoms with E-state index in [9.17, 15) is 14.7 Å². The Bertz CT molecular complexity index is 557. The lowest BCUT2D eigenvalue weighted by molar-refractivity contribution is -0.147. The van der Waals surface area contributed by atoms with Gasteiger partial charge in [-0.05, 0) is 31.4 Å². The fourth-order valence-electron chi connectivity index (χ4n) is 3.25. The monoisotopic (exact) mass is 275 g/mol. The number of carboxylic acid groups (broad SMARTS) is 1. The van der Waals surface area contributed by atoms with Crippen molar-refractivity contribution >= 4 is 17.6 Å². The van der Waals surface area contributed by atoms with E-state index >= 15 is 0 Å². The number of amides is 1. The molecule has 2 aliphatic heterocycles. The number of ether oxygens (including phenoxy) is 1. The van der Waals surface area contributed by atoms with Gasteiger partial charge in [0, 0.05) is 5.69 Å². The summed E-state index contributed by atoms with van der Waals surface area (Å²) in [4.78, 5) is 23.8. The maximum atomic E-state index is 12.4. The Balaban J connectivity index is 1.80. The van der Waals surface area contributed by atoms with Gasteiger partial charge in [-0.1, -0.05) is 18.2 Å². The van der Waals surface area contributed by atoms with Crippen LogP contribution in [0.15, 0.2) is 24.3 Å². The predicted molar refractivity (Wildman–Crippen MR) is 72.3 cm³/mol. The molecule has 2 bridgehead atoms. The fraction of sp³-hybridized carbons (Fsp3) is 0.467. The van der Waals surface area contributed by atoms with Gasteiger partial charge in [-0.15, -0.1) is 0 Å². The van der Waals surface area contributed by atoms with E-state index < -0.39 is 17.8 Å². The van der Waals surface area contributed by atoms with Crippen LogP contribution >= 0.6 is 0 Å². The molecule has 3 rings (SSSR count). The fourth-order valence-corrected chi connectivity index (χ4v) is 3.25. The highest BCUT2D eigenvalue weighted by atomic mass is 16.5. The number of rotatable bonds is 3. The van der Waals surface area contributed by atoms with Gasteiger partial charge in [0.25, 0.3) is 0 Å². The third-order valence-corrected chi connectivity index (χ3v) is 4.26. The van der Waals surface area contributed by atoms with Crippen molar-refractivity contribution in [1.29, 1.82) is 0 Å². The van der Waals surface area contributed by atoms with Crippen molar-refractivity contribution in [2.75, 3.05) is 5.32 Å². The highest BCUT2D eigenvalue weighted by Crippen LogP contribution is 2.44. The summed E-state index contributed by atoms with van der Waals surface area (Å²) in [7, 11) is 0. The quantitative estimate of drug-likeness (QED) is 0.882. The molecule has 2 aliphatic rings. The molecular weight excluding hydrogens is 258 g/mol. The summed E-state index contributed by atoms with van der Waals surface area (Å²) in [6, 6.07) is 7.46. The number of carbonyl (C=O) groups excluding carboxylic acids is 1. The molecule has 4 atom stereocenters. The minimum absolute atomic E-state index is 0.251. The number of benzene rings is 1. The number of aryl methyl sites for hydroxylation is 1. The molecule has 0 saturated carbocycles. The molecule has 1 aromatic rings. The van der Waals surface area contributed by atoms with E-state index in [0.717, 1.165) is 24.1 Å². The van der Waals surface area contributed by atoms with Crippen LogP contribution in [0.2, 0.25) is 0 Å². The summed E-state index contributed by atoms with van der Waals surface area (Å²) in [6.45, 7) is 1.90. The van der Waals surface area contributed by atoms with Crippen molar-refractivity contribution in [3.8, 4) is 0 Å². The summed E-state index contributed by atoms with van der Waals surface area (Å²) in [6.07, 6.45) is 0.922. The Labute approximate surface area is 116 Å². The maximum Gasteiger partial charge on any atom is 0.310 e. The summed E-state index contributed by atoms with van der Waals surface area (Å²) >= 11 is 0. The topological polar surface area (TPSA) is 75.6 Å². The molecule has 1 amide bonds. The number of hydrogen-bond acceptors (Lipinski definition) is 3. The first-order valence-corrected chi connectivity index (χ1v) is 6.82. The highest BCUT2D eigenvalue weighted by molar-refractivity contribution is 5.96. The molecule has 0 unspecified atom stereocenters. The lowest BCUT2D eigenvalue weighted by Gasteiger charge is -2.24. The van der Waals surface area contributed by atoms with E-state index in [0.29, 0.717) is 0 Å². The average molecular weight is 275 g/mol. The van der Waals surface area contributed by atoms with E-state index in [1.54, 1.807) is 0 Å². The zero-order valence-electron chi connectivity index (χ0n) is 11.2. The summed E-state index contributed by atoms with van der Waals surface area (Å²) in [5.74, 6) is -2.51. The zero-order valence-corrected chi connectivity index (χ0v) is 11.2. The molecule has 5 heteroatoms. The van der Waals surface area contributed by atoms with Gasteiger partial charge in [-0.2, -0.15) is 0 Å². The number of anilines is 1. The second-order valence-corrected chi connectivity index (χ2v) is 5.48. The number of aliphatic carboxylic acids is 1. The predicted octanol–water partition coefficient (Wildman–Crippen LogP) is 1.81. The standard InChI is InChI=1S/C15H17NO4/c1-8-4-2-3-5-9(8)16-14(17)12-10-6-7-11(20-10)13(12)15(18)19/h2-5,10-13H,6-7H2,1H3,(H,16,17)(H,18,19)/t10-,11+,12-,13+/m1/s1. The number of carboxylic acids is 1. The van der Waals surface area contributed by atoms with Crippen LogP contribution in [0.4, 0.5) is 5.69 Å². The van der Waals surface area contributed by atoms with Crippen LogP contribution in [-0.4, -0.2) is 29.2 Å². The van der Waals surface area contributed by atoms with Gasteiger partial charge in [-0.25, -0.2) is 0 Å². The van der Waals surface area contributed by atoms with Crippen LogP contribution in [0, 0.1) is 18.8 Å². The Morgan fingerprint density at radius 1 is 1.20 bits per heavy atom. The normalized spacial score (nSPS) is 31.2. The number of hydrogen-bond donors (Lipinski definition) is 2. The minimum Gasteiger partial charge on any atom is -0.481 e. The summed E-state index contributed by atoms with van der Waals surface area (Å²) in [5.41, 5.74) is 1.68. The van der Waals surface area contributed by atoms with Gasteiger partial charge >= 0.3 is 5.97 Å². The third-order valence-electron chi connectivity index (χ3n) is 4.26. The number of fused-ring (bicyclic) bond motifs is 2. The van der Waals surface area contributed by atoms with Gasteiger partial charge in [0.05, 0.1) is 24.0 Å². The van der Waals surface area contributed by atoms with Crippen LogP contribution in [0.25, 0.3) is 0 Å². The SMILES string of the molecule is Cc1ccccc1NC(=O)[C@H]1[C@@H](C(=O)O)[C@@H]2CC[C@H]1O2. The molecule has 0 radical (unpaired) electrons. The molecule has 5 nitrogen and oxygen atoms in total. The smallest absolute Gasteiger partial charge is 0.310 e. The first-order chi connectivity index (χ1) is 9.58. The van der Waals surface area contributed by atoms with Crippen molar-refractivity contribution in [2.24, 2.45) is 11.8 Å². The Morgan fingerprint density at radius 2 is 1.85 bits per heavy atom. The Morgan fingerprint density at radius 3 is 2.50 bits per heavy atom. The molecule has 0 spiro atoms. The van der Waals surface area contributed by atoms with Crippen LogP contribution in [0.3, 0.4) is 0 Å². The lowest BCUT2D eigenvalue weighted by Crippen LogP contribution is -2.41. The lowest BCUT2D eigenvalue weighted by atomic mass is 9.78. The Kier molecular flexibility index (Phi) is 3.22. The molecule has 0 aliphatic carbocycles. The van der Waals surface area contributed by atoms with E-state index in [1.165, 1.54) is 0 Å². The molecule has 0 aromatic heterocycles. The van der Waals surface area contributed by atoms with Crippen molar-refractivity contribution in [3.05, 3.63) is 29.8 Å². The molecule has 2 saturated heterocycles. The third kappa shape index (κ3) is 2.08. The molecule has 20 heavy (non-hydrogen) atoms. The van der Waals surface area contributed by atoms with Crippen LogP contribution < -0.4 is 5.32 Å². The van der Waals surface area contributed by atoms with Crippen LogP contribution in [-0.2, 0) is 14.3 Å². The second kappa shape index (κ2) is 4.90. The van der Waals surface area contributed by atoms with E-state index in [-0.39, 0.29) is 18.1 Å². The molecule has 106 valence electrons. The summed E-state index contributed by atoms with van der Waals surface area (Å²) in [5, 5.41) is 12.2. The molecule has 1 aromatic carbocycles. The van der Waals surface area contributed by atoms with Crippen molar-refractivity contribution in [1.82, 2.24) is 0 Å². The molecule has 2 heterocycles. The highest BCUT2D eigenvalue weighted by Gasteiger charge is 2.55. The van der Waals surface area contributed by atoms with Gasteiger partial charge in [0.15, 0.2) is 0 Å². The van der Waals surface area contributed by atoms with Gasteiger partial charge < -0.3 is 15.2 Å². The first kappa shape index (κ1) is 13.1. The largest absolute Gasteiger partial charge is 0.481 e. The number of para-hydroxylation sites is 1. The van der Waals surface area contributed by atoms with E-state index in [1.807, 2.05) is 31.2 Å². The van der Waals surface area contributed by atoms with Crippen molar-refractivity contribution < 1.29 is 19.4 Å². The van der Waals surface area contributed by atoms with Gasteiger partial charge in [0.1, 0.15) is 0 Å². The average Bonchev–Trinajstić information content (AvgIpc) is 3.01. The molecular formula is C15H17NO4. The van der Waals surface area contributed by atoms with Crippen LogP contribution in [0.5, 0.6) is 0 Å². The maximum absolute atomic E-state index is 12.4. The van der Waals surface area contributed by atoms with E-state index in [4.69, 9.17) is 4.74 Å². The van der Waals surface area contributed by atoms with Crippen LogP contribution in [0.1, 0.15) is 18.4 Å².